The lowest BCUT2D eigenvalue weighted by Crippen LogP contribution is -2.35. The Labute approximate surface area is 194 Å². The highest BCUT2D eigenvalue weighted by atomic mass is 19.4. The first kappa shape index (κ1) is 23.8. The van der Waals surface area contributed by atoms with Gasteiger partial charge in [0.2, 0.25) is 11.9 Å². The lowest BCUT2D eigenvalue weighted by atomic mass is 10.2. The number of rotatable bonds is 9. The van der Waals surface area contributed by atoms with Crippen LogP contribution in [0.15, 0.2) is 40.8 Å². The summed E-state index contributed by atoms with van der Waals surface area (Å²) in [7, 11) is 0. The molecule has 1 aromatic carbocycles. The van der Waals surface area contributed by atoms with E-state index in [0.29, 0.717) is 24.7 Å². The molecule has 1 aliphatic heterocycles. The minimum atomic E-state index is -4.52. The number of furan rings is 1. The summed E-state index contributed by atoms with van der Waals surface area (Å²) in [5.41, 5.74) is 1.76. The fourth-order valence-electron chi connectivity index (χ4n) is 3.34. The Morgan fingerprint density at radius 3 is 2.59 bits per heavy atom. The summed E-state index contributed by atoms with van der Waals surface area (Å²) in [6.45, 7) is 4.42. The van der Waals surface area contributed by atoms with Gasteiger partial charge in [-0.3, -0.25) is 4.90 Å². The van der Waals surface area contributed by atoms with Crippen LogP contribution in [0.25, 0.3) is 0 Å². The molecule has 0 atom stereocenters. The molecule has 34 heavy (non-hydrogen) atoms. The SMILES string of the molecule is Cc1ccc(CNc2nc(Nc3cccc(CN4CCOCC4)c3)nc(OCC(F)(F)F)n2)o1. The Kier molecular flexibility index (Phi) is 7.48. The number of halogens is 3. The number of morpholine rings is 1. The highest BCUT2D eigenvalue weighted by molar-refractivity contribution is 5.55. The summed E-state index contributed by atoms with van der Waals surface area (Å²) in [5, 5.41) is 5.96. The van der Waals surface area contributed by atoms with Gasteiger partial charge >= 0.3 is 12.2 Å². The van der Waals surface area contributed by atoms with Crippen molar-refractivity contribution in [1.29, 1.82) is 0 Å². The minimum Gasteiger partial charge on any atom is -0.465 e. The van der Waals surface area contributed by atoms with Gasteiger partial charge in [-0.05, 0) is 36.8 Å². The molecule has 2 N–H and O–H groups in total. The Morgan fingerprint density at radius 2 is 1.85 bits per heavy atom. The number of nitrogens with one attached hydrogen (secondary N) is 2. The number of hydrogen-bond donors (Lipinski definition) is 2. The number of aryl methyl sites for hydroxylation is 1. The first-order chi connectivity index (χ1) is 16.3. The summed E-state index contributed by atoms with van der Waals surface area (Å²) < 4.78 is 53.6. The quantitative estimate of drug-likeness (QED) is 0.475. The van der Waals surface area contributed by atoms with E-state index in [1.807, 2.05) is 31.2 Å². The summed E-state index contributed by atoms with van der Waals surface area (Å²) in [4.78, 5) is 14.5. The zero-order valence-electron chi connectivity index (χ0n) is 18.6. The van der Waals surface area contributed by atoms with Crippen LogP contribution in [0, 0.1) is 6.92 Å². The maximum atomic E-state index is 12.6. The van der Waals surface area contributed by atoms with Crippen LogP contribution in [0.3, 0.4) is 0 Å². The molecule has 0 radical (unpaired) electrons. The van der Waals surface area contributed by atoms with E-state index in [2.05, 4.69) is 30.5 Å². The molecule has 1 fully saturated rings. The van der Waals surface area contributed by atoms with Crippen molar-refractivity contribution in [2.24, 2.45) is 0 Å². The highest BCUT2D eigenvalue weighted by Crippen LogP contribution is 2.21. The molecule has 3 aromatic rings. The standard InChI is InChI=1S/C22H25F3N6O3/c1-15-5-6-18(34-15)12-26-19-28-20(30-21(29-19)33-14-22(23,24)25)27-17-4-2-3-16(11-17)13-31-7-9-32-10-8-31/h2-6,11H,7-10,12-14H2,1H3,(H2,26,27,28,29,30). The molecule has 0 spiro atoms. The molecule has 4 rings (SSSR count). The lowest BCUT2D eigenvalue weighted by Gasteiger charge is -2.26. The molecule has 1 aliphatic rings. The van der Waals surface area contributed by atoms with Gasteiger partial charge in [-0.2, -0.15) is 28.1 Å². The zero-order valence-corrected chi connectivity index (χ0v) is 18.6. The Hall–Kier alpha value is -3.38. The molecule has 182 valence electrons. The van der Waals surface area contributed by atoms with E-state index in [9.17, 15) is 13.2 Å². The molecular formula is C22H25F3N6O3. The predicted molar refractivity (Wildman–Crippen MR) is 118 cm³/mol. The first-order valence-electron chi connectivity index (χ1n) is 10.7. The number of hydrogen-bond acceptors (Lipinski definition) is 9. The summed E-state index contributed by atoms with van der Waals surface area (Å²) in [6.07, 6.45) is -4.52. The third-order valence-corrected chi connectivity index (χ3v) is 4.89. The summed E-state index contributed by atoms with van der Waals surface area (Å²) in [5.74, 6) is 1.46. The van der Waals surface area contributed by atoms with E-state index in [0.717, 1.165) is 31.0 Å². The molecule has 0 saturated carbocycles. The van der Waals surface area contributed by atoms with E-state index in [4.69, 9.17) is 13.9 Å². The normalized spacial score (nSPS) is 14.7. The van der Waals surface area contributed by atoms with Crippen molar-refractivity contribution in [3.63, 3.8) is 0 Å². The van der Waals surface area contributed by atoms with Crippen molar-refractivity contribution in [3.05, 3.63) is 53.5 Å². The van der Waals surface area contributed by atoms with Crippen LogP contribution in [0.2, 0.25) is 0 Å². The molecule has 3 heterocycles. The number of benzene rings is 1. The van der Waals surface area contributed by atoms with Gasteiger partial charge in [0.15, 0.2) is 6.61 Å². The van der Waals surface area contributed by atoms with E-state index in [1.165, 1.54) is 0 Å². The van der Waals surface area contributed by atoms with Crippen LogP contribution in [0.5, 0.6) is 6.01 Å². The number of anilines is 3. The van der Waals surface area contributed by atoms with Crippen LogP contribution in [-0.4, -0.2) is 58.9 Å². The second-order valence-electron chi connectivity index (χ2n) is 7.75. The van der Waals surface area contributed by atoms with Gasteiger partial charge in [-0.1, -0.05) is 12.1 Å². The molecule has 2 aromatic heterocycles. The van der Waals surface area contributed by atoms with E-state index in [1.54, 1.807) is 12.1 Å². The molecule has 1 saturated heterocycles. The molecule has 0 amide bonds. The number of aromatic nitrogens is 3. The molecular weight excluding hydrogens is 453 g/mol. The molecule has 0 unspecified atom stereocenters. The Bertz CT molecular complexity index is 1090. The second kappa shape index (κ2) is 10.7. The number of nitrogens with zero attached hydrogens (tertiary/aromatic N) is 4. The van der Waals surface area contributed by atoms with Gasteiger partial charge in [0.25, 0.3) is 0 Å². The van der Waals surface area contributed by atoms with Crippen LogP contribution in [0.4, 0.5) is 30.8 Å². The maximum absolute atomic E-state index is 12.6. The highest BCUT2D eigenvalue weighted by Gasteiger charge is 2.29. The van der Waals surface area contributed by atoms with Gasteiger partial charge in [-0.15, -0.1) is 0 Å². The fourth-order valence-corrected chi connectivity index (χ4v) is 3.34. The van der Waals surface area contributed by atoms with Crippen molar-refractivity contribution >= 4 is 17.6 Å². The van der Waals surface area contributed by atoms with Crippen molar-refractivity contribution in [1.82, 2.24) is 19.9 Å². The van der Waals surface area contributed by atoms with Crippen LogP contribution < -0.4 is 15.4 Å². The van der Waals surface area contributed by atoms with Gasteiger partial charge in [-0.25, -0.2) is 0 Å². The topological polar surface area (TPSA) is 97.6 Å². The van der Waals surface area contributed by atoms with E-state index < -0.39 is 18.8 Å². The van der Waals surface area contributed by atoms with E-state index in [-0.39, 0.29) is 18.4 Å². The van der Waals surface area contributed by atoms with E-state index >= 15 is 0 Å². The number of alkyl halides is 3. The molecule has 0 bridgehead atoms. The monoisotopic (exact) mass is 478 g/mol. The maximum Gasteiger partial charge on any atom is 0.422 e. The smallest absolute Gasteiger partial charge is 0.422 e. The Morgan fingerprint density at radius 1 is 1.06 bits per heavy atom. The Balaban J connectivity index is 1.49. The van der Waals surface area contributed by atoms with Crippen molar-refractivity contribution in [3.8, 4) is 6.01 Å². The van der Waals surface area contributed by atoms with Crippen LogP contribution in [-0.2, 0) is 17.8 Å². The summed E-state index contributed by atoms with van der Waals surface area (Å²) >= 11 is 0. The predicted octanol–water partition coefficient (Wildman–Crippen LogP) is 3.90. The number of ether oxygens (including phenoxy) is 2. The molecule has 12 heteroatoms. The third-order valence-electron chi connectivity index (χ3n) is 4.89. The van der Waals surface area contributed by atoms with Crippen molar-refractivity contribution in [2.75, 3.05) is 43.5 Å². The van der Waals surface area contributed by atoms with Gasteiger partial charge < -0.3 is 24.5 Å². The average molecular weight is 478 g/mol. The fraction of sp³-hybridized carbons (Fsp3) is 0.409. The average Bonchev–Trinajstić information content (AvgIpc) is 3.22. The lowest BCUT2D eigenvalue weighted by molar-refractivity contribution is -0.154. The van der Waals surface area contributed by atoms with Crippen LogP contribution >= 0.6 is 0 Å². The second-order valence-corrected chi connectivity index (χ2v) is 7.75. The zero-order chi connectivity index (χ0) is 24.0. The summed E-state index contributed by atoms with van der Waals surface area (Å²) in [6, 6.07) is 10.8. The minimum absolute atomic E-state index is 0.0493. The van der Waals surface area contributed by atoms with Crippen LogP contribution in [0.1, 0.15) is 17.1 Å². The third kappa shape index (κ3) is 7.32. The van der Waals surface area contributed by atoms with Gasteiger partial charge in [0.05, 0.1) is 19.8 Å². The first-order valence-corrected chi connectivity index (χ1v) is 10.7. The van der Waals surface area contributed by atoms with Crippen molar-refractivity contribution in [2.45, 2.75) is 26.2 Å². The largest absolute Gasteiger partial charge is 0.465 e. The molecule has 0 aliphatic carbocycles. The van der Waals surface area contributed by atoms with Gasteiger partial charge in [0, 0.05) is 25.3 Å². The molecule has 9 nitrogen and oxygen atoms in total. The van der Waals surface area contributed by atoms with Crippen molar-refractivity contribution < 1.29 is 27.1 Å². The van der Waals surface area contributed by atoms with Gasteiger partial charge in [0.1, 0.15) is 11.5 Å².